The highest BCUT2D eigenvalue weighted by atomic mass is 16.5. The Balaban J connectivity index is 3.87. The number of hydrogen-bond acceptors (Lipinski definition) is 3. The highest BCUT2D eigenvalue weighted by Gasteiger charge is 2.14. The molecule has 1 N–H and O–H groups in total. The van der Waals surface area contributed by atoms with Gasteiger partial charge in [-0.1, -0.05) is 192 Å². The molecule has 0 rings (SSSR count). The average molecular weight is 703 g/mol. The SMILES string of the molecule is CCCCC/C=C\C/C=C\CCCCCCCCCCCCCC(=O)OC(CCCCCCCCCCCCCC)CCCCCCC(=O)O. The van der Waals surface area contributed by atoms with Gasteiger partial charge in [-0.25, -0.2) is 0 Å². The van der Waals surface area contributed by atoms with Crippen LogP contribution in [0.2, 0.25) is 0 Å². The number of carbonyl (C=O) groups excluding carboxylic acids is 1. The summed E-state index contributed by atoms with van der Waals surface area (Å²) in [6, 6.07) is 0. The topological polar surface area (TPSA) is 63.6 Å². The van der Waals surface area contributed by atoms with E-state index in [1.807, 2.05) is 0 Å². The molecule has 4 nitrogen and oxygen atoms in total. The monoisotopic (exact) mass is 703 g/mol. The molecule has 0 aliphatic heterocycles. The minimum Gasteiger partial charge on any atom is -0.481 e. The van der Waals surface area contributed by atoms with Crippen LogP contribution in [0, 0.1) is 0 Å². The van der Waals surface area contributed by atoms with Gasteiger partial charge in [0.05, 0.1) is 0 Å². The van der Waals surface area contributed by atoms with Gasteiger partial charge in [0.1, 0.15) is 6.10 Å². The van der Waals surface area contributed by atoms with Gasteiger partial charge in [-0.05, 0) is 70.6 Å². The first-order valence-electron chi connectivity index (χ1n) is 22.3. The van der Waals surface area contributed by atoms with Crippen LogP contribution in [0.3, 0.4) is 0 Å². The number of rotatable bonds is 41. The number of carboxylic acids is 1. The molecule has 0 radical (unpaired) electrons. The predicted molar refractivity (Wildman–Crippen MR) is 218 cm³/mol. The Morgan fingerprint density at radius 2 is 0.780 bits per heavy atom. The summed E-state index contributed by atoms with van der Waals surface area (Å²) in [5.41, 5.74) is 0. The molecular formula is C46H86O4. The lowest BCUT2D eigenvalue weighted by Gasteiger charge is -2.18. The van der Waals surface area contributed by atoms with Crippen LogP contribution in [0.25, 0.3) is 0 Å². The molecule has 0 aliphatic carbocycles. The van der Waals surface area contributed by atoms with Crippen molar-refractivity contribution in [2.45, 2.75) is 258 Å². The molecule has 0 aromatic rings. The smallest absolute Gasteiger partial charge is 0.306 e. The Kier molecular flexibility index (Phi) is 40.5. The number of allylic oxidation sites excluding steroid dienone is 4. The number of hydrogen-bond donors (Lipinski definition) is 1. The zero-order valence-electron chi connectivity index (χ0n) is 33.7. The number of unbranched alkanes of at least 4 members (excludes halogenated alkanes) is 28. The summed E-state index contributed by atoms with van der Waals surface area (Å²) in [5.74, 6) is -0.717. The first-order valence-corrected chi connectivity index (χ1v) is 22.3. The summed E-state index contributed by atoms with van der Waals surface area (Å²) in [6.45, 7) is 4.54. The van der Waals surface area contributed by atoms with Crippen LogP contribution in [-0.2, 0) is 14.3 Å². The normalized spacial score (nSPS) is 12.4. The van der Waals surface area contributed by atoms with Gasteiger partial charge in [-0.15, -0.1) is 0 Å². The van der Waals surface area contributed by atoms with Crippen LogP contribution in [0.15, 0.2) is 24.3 Å². The molecule has 294 valence electrons. The molecule has 50 heavy (non-hydrogen) atoms. The van der Waals surface area contributed by atoms with Gasteiger partial charge in [-0.2, -0.15) is 0 Å². The van der Waals surface area contributed by atoms with Crippen molar-refractivity contribution in [3.05, 3.63) is 24.3 Å². The van der Waals surface area contributed by atoms with Crippen LogP contribution in [0.1, 0.15) is 251 Å². The second-order valence-corrected chi connectivity index (χ2v) is 15.2. The maximum Gasteiger partial charge on any atom is 0.306 e. The number of aliphatic carboxylic acids is 1. The van der Waals surface area contributed by atoms with Gasteiger partial charge >= 0.3 is 11.9 Å². The number of esters is 1. The molecule has 0 fully saturated rings. The number of carboxylic acid groups (broad SMARTS) is 1. The third-order valence-electron chi connectivity index (χ3n) is 10.2. The summed E-state index contributed by atoms with van der Waals surface area (Å²) in [4.78, 5) is 23.5. The molecule has 0 aliphatic rings. The van der Waals surface area contributed by atoms with Gasteiger partial charge in [0.25, 0.3) is 0 Å². The van der Waals surface area contributed by atoms with E-state index in [0.717, 1.165) is 64.2 Å². The summed E-state index contributed by atoms with van der Waals surface area (Å²) < 4.78 is 6.00. The Bertz CT molecular complexity index is 757. The molecule has 0 aromatic carbocycles. The van der Waals surface area contributed by atoms with Crippen LogP contribution in [-0.4, -0.2) is 23.1 Å². The van der Waals surface area contributed by atoms with Crippen LogP contribution in [0.5, 0.6) is 0 Å². The lowest BCUT2D eigenvalue weighted by atomic mass is 10.0. The summed E-state index contributed by atoms with van der Waals surface area (Å²) in [5, 5.41) is 8.87. The Hall–Kier alpha value is -1.58. The molecular weight excluding hydrogens is 617 g/mol. The van der Waals surface area contributed by atoms with E-state index in [1.165, 1.54) is 161 Å². The minimum atomic E-state index is -0.708. The molecule has 0 spiro atoms. The molecule has 1 unspecified atom stereocenters. The second-order valence-electron chi connectivity index (χ2n) is 15.2. The molecule has 0 saturated heterocycles. The third kappa shape index (κ3) is 40.8. The predicted octanol–water partition coefficient (Wildman–Crippen LogP) is 15.6. The maximum atomic E-state index is 12.7. The van der Waals surface area contributed by atoms with Crippen molar-refractivity contribution >= 4 is 11.9 Å². The first kappa shape index (κ1) is 48.4. The minimum absolute atomic E-state index is 0.00931. The van der Waals surface area contributed by atoms with Crippen molar-refractivity contribution in [3.63, 3.8) is 0 Å². The van der Waals surface area contributed by atoms with Crippen molar-refractivity contribution in [3.8, 4) is 0 Å². The van der Waals surface area contributed by atoms with Crippen molar-refractivity contribution in [2.24, 2.45) is 0 Å². The fourth-order valence-corrected chi connectivity index (χ4v) is 6.86. The van der Waals surface area contributed by atoms with Crippen molar-refractivity contribution in [1.29, 1.82) is 0 Å². The van der Waals surface area contributed by atoms with Crippen molar-refractivity contribution in [1.82, 2.24) is 0 Å². The van der Waals surface area contributed by atoms with Gasteiger partial charge < -0.3 is 9.84 Å². The molecule has 0 heterocycles. The summed E-state index contributed by atoms with van der Waals surface area (Å²) in [6.07, 6.45) is 53.5. The first-order chi connectivity index (χ1) is 24.6. The van der Waals surface area contributed by atoms with Gasteiger partial charge in [0.15, 0.2) is 0 Å². The summed E-state index contributed by atoms with van der Waals surface area (Å²) in [7, 11) is 0. The van der Waals surface area contributed by atoms with E-state index in [-0.39, 0.29) is 18.5 Å². The number of ether oxygens (including phenoxy) is 1. The lowest BCUT2D eigenvalue weighted by Crippen LogP contribution is -2.18. The van der Waals surface area contributed by atoms with Gasteiger partial charge in [0.2, 0.25) is 0 Å². The second kappa shape index (κ2) is 41.8. The third-order valence-corrected chi connectivity index (χ3v) is 10.2. The maximum absolute atomic E-state index is 12.7. The fourth-order valence-electron chi connectivity index (χ4n) is 6.86. The number of carbonyl (C=O) groups is 2. The van der Waals surface area contributed by atoms with Crippen molar-refractivity contribution in [2.75, 3.05) is 0 Å². The van der Waals surface area contributed by atoms with E-state index >= 15 is 0 Å². The van der Waals surface area contributed by atoms with Crippen LogP contribution in [0.4, 0.5) is 0 Å². The molecule has 0 amide bonds. The van der Waals surface area contributed by atoms with Crippen molar-refractivity contribution < 1.29 is 19.4 Å². The van der Waals surface area contributed by atoms with Crippen LogP contribution < -0.4 is 0 Å². The van der Waals surface area contributed by atoms with Crippen LogP contribution >= 0.6 is 0 Å². The van der Waals surface area contributed by atoms with E-state index in [4.69, 9.17) is 9.84 Å². The molecule has 0 aromatic heterocycles. The van der Waals surface area contributed by atoms with Gasteiger partial charge in [-0.3, -0.25) is 9.59 Å². The molecule has 4 heteroatoms. The lowest BCUT2D eigenvalue weighted by molar-refractivity contribution is -0.150. The van der Waals surface area contributed by atoms with E-state index in [0.29, 0.717) is 6.42 Å². The Morgan fingerprint density at radius 3 is 1.22 bits per heavy atom. The summed E-state index contributed by atoms with van der Waals surface area (Å²) >= 11 is 0. The molecule has 0 saturated carbocycles. The Morgan fingerprint density at radius 1 is 0.440 bits per heavy atom. The molecule has 0 bridgehead atoms. The fraction of sp³-hybridized carbons (Fsp3) is 0.870. The average Bonchev–Trinajstić information content (AvgIpc) is 3.10. The quantitative estimate of drug-likeness (QED) is 0.0391. The van der Waals surface area contributed by atoms with E-state index < -0.39 is 5.97 Å². The highest BCUT2D eigenvalue weighted by molar-refractivity contribution is 5.69. The molecule has 1 atom stereocenters. The van der Waals surface area contributed by atoms with E-state index in [1.54, 1.807) is 0 Å². The zero-order valence-corrected chi connectivity index (χ0v) is 33.7. The standard InChI is InChI=1S/C46H86O4/c1-3-5-7-9-11-13-15-17-18-19-20-21-22-23-24-25-27-29-31-33-39-43-46(49)50-44(41-37-34-35-38-42-45(47)48)40-36-32-30-28-26-16-14-12-10-8-6-4-2/h11,13,17-18,44H,3-10,12,14-16,19-43H2,1-2H3,(H,47,48)/b13-11-,18-17-. The van der Waals surface area contributed by atoms with E-state index in [2.05, 4.69) is 38.2 Å². The van der Waals surface area contributed by atoms with Gasteiger partial charge in [0, 0.05) is 12.8 Å². The highest BCUT2D eigenvalue weighted by Crippen LogP contribution is 2.19. The van der Waals surface area contributed by atoms with E-state index in [9.17, 15) is 9.59 Å². The zero-order chi connectivity index (χ0) is 36.4. The largest absolute Gasteiger partial charge is 0.481 e. The Labute approximate surface area is 312 Å².